The van der Waals surface area contributed by atoms with Gasteiger partial charge in [-0.2, -0.15) is 5.26 Å². The first kappa shape index (κ1) is 21.4. The highest BCUT2D eigenvalue weighted by Crippen LogP contribution is 2.32. The van der Waals surface area contributed by atoms with Crippen LogP contribution < -0.4 is 11.1 Å². The lowest BCUT2D eigenvalue weighted by Crippen LogP contribution is -2.03. The molecule has 7 nitrogen and oxygen atoms in total. The number of benzene rings is 2. The zero-order chi connectivity index (χ0) is 22.7. The number of allylic oxidation sites excluding steroid dienone is 1. The molecule has 0 amide bonds. The van der Waals surface area contributed by atoms with Crippen LogP contribution in [-0.2, 0) is 0 Å². The van der Waals surface area contributed by atoms with E-state index in [1.54, 1.807) is 37.3 Å². The van der Waals surface area contributed by atoms with Crippen molar-refractivity contribution in [1.29, 1.82) is 5.26 Å². The monoisotopic (exact) mass is 414 g/mol. The lowest BCUT2D eigenvalue weighted by atomic mass is 10.00. The van der Waals surface area contributed by atoms with E-state index >= 15 is 0 Å². The van der Waals surface area contributed by atoms with Gasteiger partial charge in [0, 0.05) is 29.0 Å². The predicted octanol–water partition coefficient (Wildman–Crippen LogP) is 5.90. The Kier molecular flexibility index (Phi) is 5.93. The third-order valence-corrected chi connectivity index (χ3v) is 5.07. The summed E-state index contributed by atoms with van der Waals surface area (Å²) in [5.41, 5.74) is 11.1. The first-order valence-electron chi connectivity index (χ1n) is 9.50. The van der Waals surface area contributed by atoms with E-state index in [2.05, 4.69) is 18.0 Å². The maximum Gasteiger partial charge on any atom is 0.272 e. The molecule has 3 aromatic rings. The highest BCUT2D eigenvalue weighted by molar-refractivity contribution is 5.74. The Balaban J connectivity index is 1.88. The summed E-state index contributed by atoms with van der Waals surface area (Å²) >= 11 is 0. The molecule has 0 radical (unpaired) electrons. The van der Waals surface area contributed by atoms with Crippen molar-refractivity contribution < 1.29 is 9.34 Å². The Morgan fingerprint density at radius 3 is 2.61 bits per heavy atom. The van der Waals surface area contributed by atoms with E-state index < -0.39 is 4.92 Å². The lowest BCUT2D eigenvalue weighted by Gasteiger charge is -2.11. The van der Waals surface area contributed by atoms with Crippen molar-refractivity contribution in [2.24, 2.45) is 0 Å². The molecule has 0 spiro atoms. The number of hydrogen-bond donors (Lipinski definition) is 2. The van der Waals surface area contributed by atoms with Crippen LogP contribution in [0.4, 0.5) is 17.1 Å². The van der Waals surface area contributed by atoms with E-state index in [0.717, 1.165) is 16.7 Å². The number of nitrogens with two attached hydrogens (primary N) is 1. The van der Waals surface area contributed by atoms with Crippen molar-refractivity contribution >= 4 is 23.1 Å². The number of aryl methyl sites for hydroxylation is 1. The van der Waals surface area contributed by atoms with Crippen LogP contribution in [0.25, 0.3) is 17.4 Å². The molecule has 0 saturated heterocycles. The van der Waals surface area contributed by atoms with E-state index in [4.69, 9.17) is 10.2 Å². The highest BCUT2D eigenvalue weighted by Gasteiger charge is 2.17. The number of nitriles is 1. The molecule has 0 aliphatic rings. The second-order valence-electron chi connectivity index (χ2n) is 7.21. The molecule has 0 saturated carbocycles. The SMILES string of the molecule is C=C(Nc1cc(C)ccc1N)C(C#N)=Cc1ccc(-c2ccc([N+](=O)[O-])c(C)c2C)o1. The van der Waals surface area contributed by atoms with E-state index in [9.17, 15) is 15.4 Å². The molecule has 0 aliphatic carbocycles. The summed E-state index contributed by atoms with van der Waals surface area (Å²) in [5.74, 6) is 1.02. The summed E-state index contributed by atoms with van der Waals surface area (Å²) in [5, 5.41) is 23.8. The van der Waals surface area contributed by atoms with Crippen molar-refractivity contribution in [3.8, 4) is 17.4 Å². The maximum absolute atomic E-state index is 11.1. The number of anilines is 2. The molecular formula is C24H22N4O3. The molecular weight excluding hydrogens is 392 g/mol. The molecule has 2 aromatic carbocycles. The largest absolute Gasteiger partial charge is 0.457 e. The minimum absolute atomic E-state index is 0.0671. The fraction of sp³-hybridized carbons (Fsp3) is 0.125. The second-order valence-corrected chi connectivity index (χ2v) is 7.21. The number of nitro groups is 1. The van der Waals surface area contributed by atoms with Gasteiger partial charge in [-0.3, -0.25) is 10.1 Å². The van der Waals surface area contributed by atoms with Crippen LogP contribution in [0.5, 0.6) is 0 Å². The molecule has 31 heavy (non-hydrogen) atoms. The highest BCUT2D eigenvalue weighted by atomic mass is 16.6. The Labute approximate surface area is 180 Å². The molecule has 3 rings (SSSR count). The van der Waals surface area contributed by atoms with Crippen LogP contribution in [-0.4, -0.2) is 4.92 Å². The van der Waals surface area contributed by atoms with Crippen LogP contribution in [0.1, 0.15) is 22.5 Å². The lowest BCUT2D eigenvalue weighted by molar-refractivity contribution is -0.385. The van der Waals surface area contributed by atoms with Crippen LogP contribution in [0.15, 0.2) is 64.7 Å². The van der Waals surface area contributed by atoms with Gasteiger partial charge in [-0.15, -0.1) is 0 Å². The second kappa shape index (κ2) is 8.59. The third-order valence-electron chi connectivity index (χ3n) is 5.07. The Hall–Kier alpha value is -4.31. The molecule has 0 aliphatic heterocycles. The van der Waals surface area contributed by atoms with Crippen molar-refractivity contribution in [2.45, 2.75) is 20.8 Å². The fourth-order valence-corrected chi connectivity index (χ4v) is 3.18. The van der Waals surface area contributed by atoms with Gasteiger partial charge >= 0.3 is 0 Å². The smallest absolute Gasteiger partial charge is 0.272 e. The molecule has 1 aromatic heterocycles. The van der Waals surface area contributed by atoms with Gasteiger partial charge in [-0.05, 0) is 62.2 Å². The average Bonchev–Trinajstić information content (AvgIpc) is 3.18. The molecule has 0 unspecified atom stereocenters. The third kappa shape index (κ3) is 4.49. The van der Waals surface area contributed by atoms with E-state index in [0.29, 0.717) is 39.7 Å². The summed E-state index contributed by atoms with van der Waals surface area (Å²) in [6.45, 7) is 9.41. The van der Waals surface area contributed by atoms with Crippen LogP contribution in [0, 0.1) is 42.2 Å². The van der Waals surface area contributed by atoms with Gasteiger partial charge in [-0.25, -0.2) is 0 Å². The van der Waals surface area contributed by atoms with E-state index in [1.165, 1.54) is 6.07 Å². The molecule has 7 heteroatoms. The Morgan fingerprint density at radius 2 is 1.94 bits per heavy atom. The normalized spacial score (nSPS) is 11.1. The number of furan rings is 1. The molecule has 156 valence electrons. The van der Waals surface area contributed by atoms with E-state index in [1.807, 2.05) is 26.0 Å². The summed E-state index contributed by atoms with van der Waals surface area (Å²) in [4.78, 5) is 10.7. The van der Waals surface area contributed by atoms with Crippen LogP contribution >= 0.6 is 0 Å². The zero-order valence-electron chi connectivity index (χ0n) is 17.5. The van der Waals surface area contributed by atoms with Crippen molar-refractivity contribution in [2.75, 3.05) is 11.1 Å². The predicted molar refractivity (Wildman–Crippen MR) is 122 cm³/mol. The first-order chi connectivity index (χ1) is 14.7. The van der Waals surface area contributed by atoms with Gasteiger partial charge in [-0.1, -0.05) is 12.6 Å². The number of nitrogens with zero attached hydrogens (tertiary/aromatic N) is 2. The van der Waals surface area contributed by atoms with Gasteiger partial charge in [0.1, 0.15) is 17.6 Å². The quantitative estimate of drug-likeness (QED) is 0.171. The summed E-state index contributed by atoms with van der Waals surface area (Å²) in [7, 11) is 0. The van der Waals surface area contributed by atoms with Gasteiger partial charge in [0.05, 0.1) is 21.9 Å². The summed E-state index contributed by atoms with van der Waals surface area (Å²) < 4.78 is 5.89. The average molecular weight is 414 g/mol. The van der Waals surface area contributed by atoms with Crippen LogP contribution in [0.3, 0.4) is 0 Å². The summed E-state index contributed by atoms with van der Waals surface area (Å²) in [6, 6.07) is 14.3. The van der Waals surface area contributed by atoms with Gasteiger partial charge < -0.3 is 15.5 Å². The number of rotatable bonds is 6. The van der Waals surface area contributed by atoms with E-state index in [-0.39, 0.29) is 5.69 Å². The Morgan fingerprint density at radius 1 is 1.19 bits per heavy atom. The Bertz CT molecular complexity index is 1260. The maximum atomic E-state index is 11.1. The van der Waals surface area contributed by atoms with Crippen LogP contribution in [0.2, 0.25) is 0 Å². The minimum Gasteiger partial charge on any atom is -0.457 e. The van der Waals surface area contributed by atoms with Crippen molar-refractivity contribution in [3.05, 3.63) is 92.9 Å². The van der Waals surface area contributed by atoms with Gasteiger partial charge in [0.15, 0.2) is 0 Å². The number of nitrogen functional groups attached to an aromatic ring is 1. The standard InChI is InChI=1S/C24H22N4O3/c1-14-5-8-21(26)22(11-14)27-17(4)18(13-25)12-19-6-10-24(31-19)20-7-9-23(28(29)30)16(3)15(20)2/h5-12,27H,4,26H2,1-3H3. The minimum atomic E-state index is -0.402. The molecule has 0 fully saturated rings. The van der Waals surface area contributed by atoms with Crippen molar-refractivity contribution in [1.82, 2.24) is 0 Å². The number of nitro benzene ring substituents is 1. The number of nitrogens with one attached hydrogen (secondary N) is 1. The zero-order valence-corrected chi connectivity index (χ0v) is 17.5. The molecule has 3 N–H and O–H groups in total. The van der Waals surface area contributed by atoms with Gasteiger partial charge in [0.25, 0.3) is 5.69 Å². The first-order valence-corrected chi connectivity index (χ1v) is 9.50. The number of hydrogen-bond acceptors (Lipinski definition) is 6. The molecule has 0 atom stereocenters. The topological polar surface area (TPSA) is 118 Å². The van der Waals surface area contributed by atoms with Crippen molar-refractivity contribution in [3.63, 3.8) is 0 Å². The van der Waals surface area contributed by atoms with Gasteiger partial charge in [0.2, 0.25) is 0 Å². The fourth-order valence-electron chi connectivity index (χ4n) is 3.18. The molecule has 0 bridgehead atoms. The summed E-state index contributed by atoms with van der Waals surface area (Å²) in [6.07, 6.45) is 1.58. The molecule has 1 heterocycles.